The van der Waals surface area contributed by atoms with Crippen molar-refractivity contribution in [2.24, 2.45) is 0 Å². The Balaban J connectivity index is 1.73. The molecule has 1 fully saturated rings. The van der Waals surface area contributed by atoms with E-state index in [0.29, 0.717) is 24.3 Å². The molecule has 0 spiro atoms. The number of benzene rings is 1. The predicted octanol–water partition coefficient (Wildman–Crippen LogP) is 2.02. The van der Waals surface area contributed by atoms with Gasteiger partial charge in [-0.1, -0.05) is 31.4 Å². The standard InChI is InChI=1S/C18H22N2O5/c1-20(18(17(23)24)9-5-2-6-10-18)15(21)11-14-16(22)19-12-7-3-4-8-13(12)25-14/h3-4,7-8,14H,2,5-6,9-11H2,1H3,(H,19,22)(H,23,24). The summed E-state index contributed by atoms with van der Waals surface area (Å²) in [5.41, 5.74) is -0.614. The monoisotopic (exact) mass is 346 g/mol. The van der Waals surface area contributed by atoms with Crippen molar-refractivity contribution in [2.75, 3.05) is 12.4 Å². The summed E-state index contributed by atoms with van der Waals surface area (Å²) in [7, 11) is 1.51. The van der Waals surface area contributed by atoms with Gasteiger partial charge in [0.15, 0.2) is 6.10 Å². The Bertz CT molecular complexity index is 696. The van der Waals surface area contributed by atoms with Crippen LogP contribution in [0, 0.1) is 0 Å². The molecule has 134 valence electrons. The first-order valence-corrected chi connectivity index (χ1v) is 8.51. The van der Waals surface area contributed by atoms with Crippen LogP contribution in [-0.4, -0.2) is 46.5 Å². The van der Waals surface area contributed by atoms with Crippen molar-refractivity contribution >= 4 is 23.5 Å². The number of carboxylic acids is 1. The molecule has 7 heteroatoms. The van der Waals surface area contributed by atoms with Gasteiger partial charge in [0, 0.05) is 7.05 Å². The van der Waals surface area contributed by atoms with E-state index in [0.717, 1.165) is 19.3 Å². The Morgan fingerprint density at radius 1 is 1.28 bits per heavy atom. The first-order chi connectivity index (χ1) is 11.9. The van der Waals surface area contributed by atoms with Gasteiger partial charge in [-0.05, 0) is 25.0 Å². The molecule has 1 aliphatic heterocycles. The molecular formula is C18H22N2O5. The molecule has 25 heavy (non-hydrogen) atoms. The highest BCUT2D eigenvalue weighted by Gasteiger charge is 2.46. The van der Waals surface area contributed by atoms with Crippen molar-refractivity contribution in [3.05, 3.63) is 24.3 Å². The van der Waals surface area contributed by atoms with Crippen LogP contribution >= 0.6 is 0 Å². The van der Waals surface area contributed by atoms with E-state index < -0.39 is 29.4 Å². The summed E-state index contributed by atoms with van der Waals surface area (Å²) >= 11 is 0. The van der Waals surface area contributed by atoms with Crippen LogP contribution < -0.4 is 10.1 Å². The first kappa shape index (κ1) is 17.3. The highest BCUT2D eigenvalue weighted by molar-refractivity contribution is 6.00. The number of hydrogen-bond acceptors (Lipinski definition) is 4. The van der Waals surface area contributed by atoms with Crippen molar-refractivity contribution in [1.29, 1.82) is 0 Å². The van der Waals surface area contributed by atoms with Crippen LogP contribution in [-0.2, 0) is 14.4 Å². The maximum Gasteiger partial charge on any atom is 0.329 e. The van der Waals surface area contributed by atoms with Gasteiger partial charge in [0.2, 0.25) is 5.91 Å². The van der Waals surface area contributed by atoms with Crippen molar-refractivity contribution in [3.8, 4) is 5.75 Å². The largest absolute Gasteiger partial charge is 0.479 e. The van der Waals surface area contributed by atoms with Crippen LogP contribution in [0.3, 0.4) is 0 Å². The molecule has 1 aromatic carbocycles. The van der Waals surface area contributed by atoms with E-state index in [1.807, 2.05) is 0 Å². The average molecular weight is 346 g/mol. The van der Waals surface area contributed by atoms with E-state index in [4.69, 9.17) is 4.74 Å². The number of rotatable bonds is 4. The highest BCUT2D eigenvalue weighted by atomic mass is 16.5. The summed E-state index contributed by atoms with van der Waals surface area (Å²) in [6.45, 7) is 0. The second-order valence-electron chi connectivity index (χ2n) is 6.65. The molecule has 1 saturated carbocycles. The average Bonchev–Trinajstić information content (AvgIpc) is 2.62. The summed E-state index contributed by atoms with van der Waals surface area (Å²) in [4.78, 5) is 38.0. The van der Waals surface area contributed by atoms with Crippen LogP contribution in [0.1, 0.15) is 38.5 Å². The molecule has 1 heterocycles. The Kier molecular flexibility index (Phi) is 4.65. The van der Waals surface area contributed by atoms with Crippen LogP contribution in [0.2, 0.25) is 0 Å². The molecule has 0 radical (unpaired) electrons. The van der Waals surface area contributed by atoms with Gasteiger partial charge in [0.05, 0.1) is 12.1 Å². The van der Waals surface area contributed by atoms with E-state index >= 15 is 0 Å². The normalized spacial score (nSPS) is 21.5. The fourth-order valence-electron chi connectivity index (χ4n) is 3.59. The molecule has 1 atom stereocenters. The molecular weight excluding hydrogens is 324 g/mol. The van der Waals surface area contributed by atoms with E-state index in [1.54, 1.807) is 24.3 Å². The van der Waals surface area contributed by atoms with Crippen molar-refractivity contribution in [3.63, 3.8) is 0 Å². The molecule has 0 saturated heterocycles. The number of anilines is 1. The number of carbonyl (C=O) groups excluding carboxylic acids is 2. The molecule has 7 nitrogen and oxygen atoms in total. The van der Waals surface area contributed by atoms with Crippen LogP contribution in [0.4, 0.5) is 5.69 Å². The van der Waals surface area contributed by atoms with Gasteiger partial charge in [-0.3, -0.25) is 9.59 Å². The molecule has 1 aromatic rings. The third-order valence-electron chi connectivity index (χ3n) is 5.16. The number of amides is 2. The second kappa shape index (κ2) is 6.74. The Morgan fingerprint density at radius 3 is 2.64 bits per heavy atom. The lowest BCUT2D eigenvalue weighted by Gasteiger charge is -2.41. The van der Waals surface area contributed by atoms with Gasteiger partial charge >= 0.3 is 5.97 Å². The summed E-state index contributed by atoms with van der Waals surface area (Å²) in [5, 5.41) is 12.4. The zero-order valence-corrected chi connectivity index (χ0v) is 14.2. The Hall–Kier alpha value is -2.57. The zero-order valence-electron chi connectivity index (χ0n) is 14.2. The minimum Gasteiger partial charge on any atom is -0.479 e. The molecule has 2 amide bonds. The van der Waals surface area contributed by atoms with Gasteiger partial charge in [0.1, 0.15) is 11.3 Å². The van der Waals surface area contributed by atoms with E-state index in [-0.39, 0.29) is 6.42 Å². The van der Waals surface area contributed by atoms with E-state index in [1.165, 1.54) is 11.9 Å². The van der Waals surface area contributed by atoms with Gasteiger partial charge in [-0.15, -0.1) is 0 Å². The predicted molar refractivity (Wildman–Crippen MR) is 90.3 cm³/mol. The fourth-order valence-corrected chi connectivity index (χ4v) is 3.59. The van der Waals surface area contributed by atoms with Gasteiger partial charge < -0.3 is 20.1 Å². The number of para-hydroxylation sites is 2. The van der Waals surface area contributed by atoms with Gasteiger partial charge in [-0.25, -0.2) is 4.79 Å². The van der Waals surface area contributed by atoms with E-state index in [2.05, 4.69) is 5.32 Å². The smallest absolute Gasteiger partial charge is 0.329 e. The lowest BCUT2D eigenvalue weighted by molar-refractivity contribution is -0.161. The summed E-state index contributed by atoms with van der Waals surface area (Å²) in [6, 6.07) is 7.00. The number of nitrogens with one attached hydrogen (secondary N) is 1. The van der Waals surface area contributed by atoms with Crippen molar-refractivity contribution in [2.45, 2.75) is 50.2 Å². The van der Waals surface area contributed by atoms with Gasteiger partial charge in [0.25, 0.3) is 5.91 Å². The number of likely N-dealkylation sites (N-methyl/N-ethyl adjacent to an activating group) is 1. The van der Waals surface area contributed by atoms with Crippen LogP contribution in [0.25, 0.3) is 0 Å². The number of carboxylic acid groups (broad SMARTS) is 1. The van der Waals surface area contributed by atoms with Crippen molar-refractivity contribution in [1.82, 2.24) is 4.90 Å². The number of carbonyl (C=O) groups is 3. The van der Waals surface area contributed by atoms with Crippen molar-refractivity contribution < 1.29 is 24.2 Å². The number of ether oxygens (including phenoxy) is 1. The summed E-state index contributed by atoms with van der Waals surface area (Å²) in [6.07, 6.45) is 2.25. The molecule has 2 aliphatic rings. The lowest BCUT2D eigenvalue weighted by Crippen LogP contribution is -2.57. The molecule has 1 aliphatic carbocycles. The molecule has 1 unspecified atom stereocenters. The summed E-state index contributed by atoms with van der Waals surface area (Å²) in [5.74, 6) is -1.27. The van der Waals surface area contributed by atoms with Gasteiger partial charge in [-0.2, -0.15) is 0 Å². The first-order valence-electron chi connectivity index (χ1n) is 8.51. The molecule has 2 N–H and O–H groups in total. The third kappa shape index (κ3) is 3.18. The second-order valence-corrected chi connectivity index (χ2v) is 6.65. The Morgan fingerprint density at radius 2 is 1.96 bits per heavy atom. The third-order valence-corrected chi connectivity index (χ3v) is 5.16. The number of nitrogens with zero attached hydrogens (tertiary/aromatic N) is 1. The quantitative estimate of drug-likeness (QED) is 0.869. The maximum atomic E-state index is 12.7. The van der Waals surface area contributed by atoms with Crippen LogP contribution in [0.5, 0.6) is 5.75 Å². The van der Waals surface area contributed by atoms with E-state index in [9.17, 15) is 19.5 Å². The molecule has 0 bridgehead atoms. The number of aliphatic carboxylic acids is 1. The SMILES string of the molecule is CN(C(=O)CC1Oc2ccccc2NC1=O)C1(C(=O)O)CCCCC1. The highest BCUT2D eigenvalue weighted by Crippen LogP contribution is 2.35. The zero-order chi connectivity index (χ0) is 18.0. The summed E-state index contributed by atoms with van der Waals surface area (Å²) < 4.78 is 5.64. The number of fused-ring (bicyclic) bond motifs is 1. The maximum absolute atomic E-state index is 12.7. The molecule has 0 aromatic heterocycles. The Labute approximate surface area is 146 Å². The minimum absolute atomic E-state index is 0.189. The minimum atomic E-state index is -1.18. The number of hydrogen-bond donors (Lipinski definition) is 2. The fraction of sp³-hybridized carbons (Fsp3) is 0.500. The lowest BCUT2D eigenvalue weighted by atomic mass is 9.80. The van der Waals surface area contributed by atoms with Crippen LogP contribution in [0.15, 0.2) is 24.3 Å². The molecule has 3 rings (SSSR count). The topological polar surface area (TPSA) is 95.9 Å².